The van der Waals surface area contributed by atoms with Gasteiger partial charge in [-0.2, -0.15) is 5.10 Å². The molecule has 1 aromatic carbocycles. The highest BCUT2D eigenvalue weighted by atomic mass is 16.2. The summed E-state index contributed by atoms with van der Waals surface area (Å²) in [5.74, 6) is 1.43. The van der Waals surface area contributed by atoms with Crippen LogP contribution in [0.1, 0.15) is 43.9 Å². The van der Waals surface area contributed by atoms with Gasteiger partial charge in [-0.1, -0.05) is 18.2 Å². The van der Waals surface area contributed by atoms with Crippen molar-refractivity contribution in [3.05, 3.63) is 35.7 Å². The molecule has 118 valence electrons. The van der Waals surface area contributed by atoms with Crippen molar-refractivity contribution in [1.29, 1.82) is 0 Å². The van der Waals surface area contributed by atoms with Crippen LogP contribution in [0.3, 0.4) is 0 Å². The van der Waals surface area contributed by atoms with Gasteiger partial charge in [0, 0.05) is 24.7 Å². The number of rotatable bonds is 4. The third-order valence-corrected chi connectivity index (χ3v) is 3.73. The maximum Gasteiger partial charge on any atom is 0.255 e. The summed E-state index contributed by atoms with van der Waals surface area (Å²) in [5.41, 5.74) is 1.43. The fourth-order valence-electron chi connectivity index (χ4n) is 2.65. The van der Waals surface area contributed by atoms with E-state index in [0.29, 0.717) is 11.4 Å². The summed E-state index contributed by atoms with van der Waals surface area (Å²) in [6, 6.07) is 7.82. The molecule has 5 heteroatoms. The predicted octanol–water partition coefficient (Wildman–Crippen LogP) is 3.05. The summed E-state index contributed by atoms with van der Waals surface area (Å²) in [4.78, 5) is 19.3. The molecule has 0 N–H and O–H groups in total. The van der Waals surface area contributed by atoms with Gasteiger partial charge in [0.25, 0.3) is 5.91 Å². The Bertz CT molecular complexity index is 646. The van der Waals surface area contributed by atoms with Gasteiger partial charge in [-0.25, -0.2) is 4.98 Å². The van der Waals surface area contributed by atoms with Gasteiger partial charge in [0.1, 0.15) is 5.82 Å². The van der Waals surface area contributed by atoms with Gasteiger partial charge in [0.05, 0.1) is 5.56 Å². The molecule has 0 aliphatic heterocycles. The van der Waals surface area contributed by atoms with Crippen molar-refractivity contribution in [2.45, 2.75) is 46.7 Å². The number of aromatic nitrogens is 3. The third-order valence-electron chi connectivity index (χ3n) is 3.73. The van der Waals surface area contributed by atoms with Crippen LogP contribution in [0.4, 0.5) is 0 Å². The second-order valence-corrected chi connectivity index (χ2v) is 6.05. The first-order valence-electron chi connectivity index (χ1n) is 7.62. The van der Waals surface area contributed by atoms with E-state index in [4.69, 9.17) is 0 Å². The molecule has 22 heavy (non-hydrogen) atoms. The number of benzene rings is 1. The molecule has 2 aromatic rings. The summed E-state index contributed by atoms with van der Waals surface area (Å²) in [6.45, 7) is 10.0. The van der Waals surface area contributed by atoms with Crippen LogP contribution in [0, 0.1) is 6.92 Å². The Kier molecular flexibility index (Phi) is 4.64. The van der Waals surface area contributed by atoms with Crippen molar-refractivity contribution in [3.63, 3.8) is 0 Å². The SMILES string of the molecule is Cc1nc(-c2ccccc2C(=O)N(C(C)C)C(C)C)nn1C. The molecule has 0 fully saturated rings. The van der Waals surface area contributed by atoms with Crippen LogP contribution in [0.15, 0.2) is 24.3 Å². The van der Waals surface area contributed by atoms with Gasteiger partial charge in [0.2, 0.25) is 0 Å². The standard InChI is InChI=1S/C17H24N4O/c1-11(2)21(12(3)4)17(22)15-10-8-7-9-14(15)16-18-13(5)20(6)19-16/h7-12H,1-6H3. The molecule has 0 unspecified atom stereocenters. The monoisotopic (exact) mass is 300 g/mol. The number of hydrogen-bond donors (Lipinski definition) is 0. The van der Waals surface area contributed by atoms with E-state index in [1.165, 1.54) is 0 Å². The Morgan fingerprint density at radius 2 is 1.73 bits per heavy atom. The predicted molar refractivity (Wildman–Crippen MR) is 87.6 cm³/mol. The molecule has 0 saturated heterocycles. The Balaban J connectivity index is 2.50. The summed E-state index contributed by atoms with van der Waals surface area (Å²) in [7, 11) is 1.85. The molecule has 0 atom stereocenters. The van der Waals surface area contributed by atoms with Crippen LogP contribution in [-0.4, -0.2) is 37.7 Å². The molecule has 2 rings (SSSR count). The number of carbonyl (C=O) groups is 1. The van der Waals surface area contributed by atoms with Crippen molar-refractivity contribution in [2.75, 3.05) is 0 Å². The minimum atomic E-state index is 0.0192. The summed E-state index contributed by atoms with van der Waals surface area (Å²) < 4.78 is 1.72. The molecule has 1 heterocycles. The third kappa shape index (κ3) is 3.03. The Morgan fingerprint density at radius 1 is 1.14 bits per heavy atom. The van der Waals surface area contributed by atoms with Gasteiger partial charge in [-0.15, -0.1) is 0 Å². The first-order chi connectivity index (χ1) is 10.3. The maximum atomic E-state index is 13.0. The lowest BCUT2D eigenvalue weighted by Gasteiger charge is -2.31. The van der Waals surface area contributed by atoms with E-state index in [1.807, 2.05) is 70.8 Å². The zero-order valence-corrected chi connectivity index (χ0v) is 14.2. The number of nitrogens with zero attached hydrogens (tertiary/aromatic N) is 4. The summed E-state index contributed by atoms with van der Waals surface area (Å²) in [5, 5.41) is 4.41. The molecule has 1 amide bonds. The van der Waals surface area contributed by atoms with E-state index in [0.717, 1.165) is 11.4 Å². The van der Waals surface area contributed by atoms with Crippen molar-refractivity contribution in [2.24, 2.45) is 7.05 Å². The van der Waals surface area contributed by atoms with E-state index < -0.39 is 0 Å². The highest BCUT2D eigenvalue weighted by molar-refractivity contribution is 6.00. The van der Waals surface area contributed by atoms with Crippen LogP contribution in [0.25, 0.3) is 11.4 Å². The van der Waals surface area contributed by atoms with E-state index in [9.17, 15) is 4.79 Å². The second-order valence-electron chi connectivity index (χ2n) is 6.05. The normalized spacial score (nSPS) is 11.3. The van der Waals surface area contributed by atoms with Crippen molar-refractivity contribution >= 4 is 5.91 Å². The zero-order chi connectivity index (χ0) is 16.4. The van der Waals surface area contributed by atoms with Gasteiger partial charge >= 0.3 is 0 Å². The van der Waals surface area contributed by atoms with Crippen LogP contribution in [0.2, 0.25) is 0 Å². The van der Waals surface area contributed by atoms with E-state index >= 15 is 0 Å². The van der Waals surface area contributed by atoms with E-state index in [1.54, 1.807) is 4.68 Å². The van der Waals surface area contributed by atoms with Gasteiger partial charge in [-0.3, -0.25) is 9.48 Å². The summed E-state index contributed by atoms with van der Waals surface area (Å²) >= 11 is 0. The quantitative estimate of drug-likeness (QED) is 0.872. The van der Waals surface area contributed by atoms with Crippen molar-refractivity contribution in [1.82, 2.24) is 19.7 Å². The number of carbonyl (C=O) groups excluding carboxylic acids is 1. The van der Waals surface area contributed by atoms with Crippen LogP contribution in [-0.2, 0) is 7.05 Å². The molecule has 1 aromatic heterocycles. The minimum absolute atomic E-state index is 0.0192. The Morgan fingerprint density at radius 3 is 2.23 bits per heavy atom. The van der Waals surface area contributed by atoms with Crippen LogP contribution < -0.4 is 0 Å². The molecule has 0 aliphatic rings. The lowest BCUT2D eigenvalue weighted by Crippen LogP contribution is -2.42. The number of aryl methyl sites for hydroxylation is 2. The summed E-state index contributed by atoms with van der Waals surface area (Å²) in [6.07, 6.45) is 0. The molecule has 5 nitrogen and oxygen atoms in total. The largest absolute Gasteiger partial charge is 0.334 e. The second kappa shape index (κ2) is 6.30. The highest BCUT2D eigenvalue weighted by Gasteiger charge is 2.25. The molecule has 0 radical (unpaired) electrons. The molecular formula is C17H24N4O. The number of hydrogen-bond acceptors (Lipinski definition) is 3. The minimum Gasteiger partial charge on any atom is -0.334 e. The average molecular weight is 300 g/mol. The molecule has 0 saturated carbocycles. The van der Waals surface area contributed by atoms with Crippen LogP contribution >= 0.6 is 0 Å². The smallest absolute Gasteiger partial charge is 0.255 e. The Hall–Kier alpha value is -2.17. The topological polar surface area (TPSA) is 51.0 Å². The molecule has 0 aliphatic carbocycles. The number of amides is 1. The fourth-order valence-corrected chi connectivity index (χ4v) is 2.65. The maximum absolute atomic E-state index is 13.0. The first kappa shape index (κ1) is 16.2. The van der Waals surface area contributed by atoms with Gasteiger partial charge in [-0.05, 0) is 40.7 Å². The van der Waals surface area contributed by atoms with E-state index in [2.05, 4.69) is 10.1 Å². The average Bonchev–Trinajstić information content (AvgIpc) is 2.77. The molecule has 0 bridgehead atoms. The van der Waals surface area contributed by atoms with Crippen molar-refractivity contribution in [3.8, 4) is 11.4 Å². The zero-order valence-electron chi connectivity index (χ0n) is 14.2. The lowest BCUT2D eigenvalue weighted by molar-refractivity contribution is 0.0644. The first-order valence-corrected chi connectivity index (χ1v) is 7.62. The van der Waals surface area contributed by atoms with Crippen molar-refractivity contribution < 1.29 is 4.79 Å². The van der Waals surface area contributed by atoms with E-state index in [-0.39, 0.29) is 18.0 Å². The van der Waals surface area contributed by atoms with Gasteiger partial charge < -0.3 is 4.90 Å². The fraction of sp³-hybridized carbons (Fsp3) is 0.471. The van der Waals surface area contributed by atoms with Gasteiger partial charge in [0.15, 0.2) is 5.82 Å². The Labute approximate surface area is 132 Å². The lowest BCUT2D eigenvalue weighted by atomic mass is 10.0. The van der Waals surface area contributed by atoms with Crippen LogP contribution in [0.5, 0.6) is 0 Å². The molecule has 0 spiro atoms. The highest BCUT2D eigenvalue weighted by Crippen LogP contribution is 2.23. The molecular weight excluding hydrogens is 276 g/mol.